The Morgan fingerprint density at radius 1 is 1.07 bits per heavy atom. The Balaban J connectivity index is 1.55. The lowest BCUT2D eigenvalue weighted by atomic mass is 10.2. The smallest absolute Gasteiger partial charge is 0.243 e. The molecule has 0 spiro atoms. The van der Waals surface area contributed by atoms with Crippen LogP contribution in [0.5, 0.6) is 0 Å². The van der Waals surface area contributed by atoms with Crippen LogP contribution in [-0.2, 0) is 21.2 Å². The average molecular weight is 388 g/mol. The molecule has 3 rings (SSSR count). The quantitative estimate of drug-likeness (QED) is 0.813. The summed E-state index contributed by atoms with van der Waals surface area (Å²) in [5.74, 6) is -0.188. The van der Waals surface area contributed by atoms with Crippen LogP contribution in [0.2, 0.25) is 0 Å². The summed E-state index contributed by atoms with van der Waals surface area (Å²) >= 11 is 0. The number of carbonyl (C=O) groups is 1. The molecule has 0 unspecified atom stereocenters. The fraction of sp³-hybridized carbons (Fsp3) is 0.368. The van der Waals surface area contributed by atoms with Gasteiger partial charge in [0.05, 0.1) is 4.90 Å². The number of pyridine rings is 1. The fourth-order valence-electron chi connectivity index (χ4n) is 3.07. The standard InChI is InChI=1S/C19H24N4O3S/c1-16(24)21-18-5-7-19(8-6-18)27(25,26)23-14-12-22(13-15-23)11-9-17-4-2-3-10-20-17/h2-8,10H,9,11-15H2,1H3,(H,21,24). The van der Waals surface area contributed by atoms with Crippen LogP contribution in [0.25, 0.3) is 0 Å². The molecule has 2 heterocycles. The number of aromatic nitrogens is 1. The van der Waals surface area contributed by atoms with Gasteiger partial charge < -0.3 is 10.2 Å². The third kappa shape index (κ3) is 5.12. The van der Waals surface area contributed by atoms with Crippen LogP contribution in [0, 0.1) is 0 Å². The summed E-state index contributed by atoms with van der Waals surface area (Å²) in [4.78, 5) is 17.9. The van der Waals surface area contributed by atoms with Crippen molar-refractivity contribution in [2.45, 2.75) is 18.2 Å². The number of rotatable bonds is 6. The molecule has 0 atom stereocenters. The summed E-state index contributed by atoms with van der Waals surface area (Å²) in [5.41, 5.74) is 1.63. The zero-order valence-electron chi connectivity index (χ0n) is 15.3. The monoisotopic (exact) mass is 388 g/mol. The van der Waals surface area contributed by atoms with Gasteiger partial charge in [-0.25, -0.2) is 8.42 Å². The lowest BCUT2D eigenvalue weighted by Crippen LogP contribution is -2.49. The highest BCUT2D eigenvalue weighted by molar-refractivity contribution is 7.89. The molecule has 1 fully saturated rings. The van der Waals surface area contributed by atoms with Gasteiger partial charge in [0.25, 0.3) is 0 Å². The van der Waals surface area contributed by atoms with Crippen molar-refractivity contribution in [1.82, 2.24) is 14.2 Å². The first kappa shape index (κ1) is 19.5. The first-order valence-electron chi connectivity index (χ1n) is 8.95. The van der Waals surface area contributed by atoms with Crippen LogP contribution < -0.4 is 5.32 Å². The molecule has 144 valence electrons. The van der Waals surface area contributed by atoms with Crippen molar-refractivity contribution in [2.24, 2.45) is 0 Å². The number of amides is 1. The molecule has 1 aromatic heterocycles. The van der Waals surface area contributed by atoms with Crippen molar-refractivity contribution in [3.05, 3.63) is 54.4 Å². The molecule has 1 N–H and O–H groups in total. The van der Waals surface area contributed by atoms with E-state index in [4.69, 9.17) is 0 Å². The summed E-state index contributed by atoms with van der Waals surface area (Å²) in [7, 11) is -3.52. The zero-order valence-corrected chi connectivity index (χ0v) is 16.2. The van der Waals surface area contributed by atoms with Crippen LogP contribution in [0.3, 0.4) is 0 Å². The Labute approximate surface area is 160 Å². The van der Waals surface area contributed by atoms with Crippen LogP contribution in [-0.4, -0.2) is 61.2 Å². The molecule has 0 radical (unpaired) electrons. The minimum atomic E-state index is -3.52. The third-order valence-corrected chi connectivity index (χ3v) is 6.47. The highest BCUT2D eigenvalue weighted by Crippen LogP contribution is 2.20. The van der Waals surface area contributed by atoms with Gasteiger partial charge in [0.2, 0.25) is 15.9 Å². The molecule has 7 nitrogen and oxygen atoms in total. The second-order valence-corrected chi connectivity index (χ2v) is 8.46. The number of hydrogen-bond donors (Lipinski definition) is 1. The van der Waals surface area contributed by atoms with Gasteiger partial charge in [-0.3, -0.25) is 9.78 Å². The Bertz CT molecular complexity index is 862. The summed E-state index contributed by atoms with van der Waals surface area (Å²) in [6, 6.07) is 12.2. The van der Waals surface area contributed by atoms with Crippen LogP contribution in [0.1, 0.15) is 12.6 Å². The Kier molecular flexibility index (Phi) is 6.20. The predicted octanol–water partition coefficient (Wildman–Crippen LogP) is 1.59. The summed E-state index contributed by atoms with van der Waals surface area (Å²) < 4.78 is 27.2. The molecule has 1 saturated heterocycles. The van der Waals surface area contributed by atoms with E-state index in [1.807, 2.05) is 18.2 Å². The van der Waals surface area contributed by atoms with E-state index in [1.165, 1.54) is 23.4 Å². The van der Waals surface area contributed by atoms with E-state index in [-0.39, 0.29) is 10.8 Å². The SMILES string of the molecule is CC(=O)Nc1ccc(S(=O)(=O)N2CCN(CCc3ccccn3)CC2)cc1. The molecule has 27 heavy (non-hydrogen) atoms. The van der Waals surface area contributed by atoms with Gasteiger partial charge in [-0.1, -0.05) is 6.07 Å². The van der Waals surface area contributed by atoms with Gasteiger partial charge in [-0.15, -0.1) is 0 Å². The van der Waals surface area contributed by atoms with Crippen LogP contribution in [0.4, 0.5) is 5.69 Å². The highest BCUT2D eigenvalue weighted by Gasteiger charge is 2.28. The Morgan fingerprint density at radius 3 is 2.37 bits per heavy atom. The maximum absolute atomic E-state index is 12.8. The predicted molar refractivity (Wildman–Crippen MR) is 104 cm³/mol. The molecule has 8 heteroatoms. The van der Waals surface area contributed by atoms with Crippen LogP contribution >= 0.6 is 0 Å². The maximum atomic E-state index is 12.8. The summed E-state index contributed by atoms with van der Waals surface area (Å²) in [5, 5.41) is 2.64. The number of sulfonamides is 1. The van der Waals surface area contributed by atoms with Crippen molar-refractivity contribution in [1.29, 1.82) is 0 Å². The van der Waals surface area contributed by atoms with Crippen molar-refractivity contribution < 1.29 is 13.2 Å². The lowest BCUT2D eigenvalue weighted by Gasteiger charge is -2.33. The number of carbonyl (C=O) groups excluding carboxylic acids is 1. The fourth-order valence-corrected chi connectivity index (χ4v) is 4.50. The number of benzene rings is 1. The van der Waals surface area contributed by atoms with Crippen LogP contribution in [0.15, 0.2) is 53.6 Å². The van der Waals surface area contributed by atoms with Crippen molar-refractivity contribution >= 4 is 21.6 Å². The second kappa shape index (κ2) is 8.60. The maximum Gasteiger partial charge on any atom is 0.243 e. The first-order chi connectivity index (χ1) is 12.9. The topological polar surface area (TPSA) is 82.6 Å². The van der Waals surface area contributed by atoms with Crippen molar-refractivity contribution in [2.75, 3.05) is 38.0 Å². The molecule has 1 amide bonds. The van der Waals surface area contributed by atoms with Gasteiger partial charge >= 0.3 is 0 Å². The van der Waals surface area contributed by atoms with Gasteiger partial charge in [0, 0.05) is 63.6 Å². The van der Waals surface area contributed by atoms with E-state index >= 15 is 0 Å². The molecular weight excluding hydrogens is 364 g/mol. The van der Waals surface area contributed by atoms with Gasteiger partial charge in [0.1, 0.15) is 0 Å². The number of hydrogen-bond acceptors (Lipinski definition) is 5. The summed E-state index contributed by atoms with van der Waals surface area (Å²) in [6.07, 6.45) is 2.65. The minimum Gasteiger partial charge on any atom is -0.326 e. The van der Waals surface area contributed by atoms with Crippen molar-refractivity contribution in [3.63, 3.8) is 0 Å². The van der Waals surface area contributed by atoms with Gasteiger partial charge in [-0.2, -0.15) is 4.31 Å². The van der Waals surface area contributed by atoms with E-state index in [9.17, 15) is 13.2 Å². The molecular formula is C19H24N4O3S. The minimum absolute atomic E-state index is 0.188. The Morgan fingerprint density at radius 2 is 1.78 bits per heavy atom. The molecule has 1 aliphatic heterocycles. The van der Waals surface area contributed by atoms with E-state index in [1.54, 1.807) is 18.3 Å². The van der Waals surface area contributed by atoms with E-state index in [2.05, 4.69) is 15.2 Å². The molecule has 2 aromatic rings. The zero-order chi connectivity index (χ0) is 19.3. The average Bonchev–Trinajstić information content (AvgIpc) is 2.67. The highest BCUT2D eigenvalue weighted by atomic mass is 32.2. The van der Waals surface area contributed by atoms with Gasteiger partial charge in [0.15, 0.2) is 0 Å². The normalized spacial score (nSPS) is 16.2. The first-order valence-corrected chi connectivity index (χ1v) is 10.4. The molecule has 1 aliphatic rings. The van der Waals surface area contributed by atoms with Crippen molar-refractivity contribution in [3.8, 4) is 0 Å². The number of piperazine rings is 1. The molecule has 0 bridgehead atoms. The number of nitrogens with zero attached hydrogens (tertiary/aromatic N) is 3. The van der Waals surface area contributed by atoms with Gasteiger partial charge in [-0.05, 0) is 36.4 Å². The number of anilines is 1. The largest absolute Gasteiger partial charge is 0.326 e. The van der Waals surface area contributed by atoms with E-state index in [0.717, 1.165) is 18.7 Å². The second-order valence-electron chi connectivity index (χ2n) is 6.52. The molecule has 0 saturated carbocycles. The third-order valence-electron chi connectivity index (χ3n) is 4.55. The lowest BCUT2D eigenvalue weighted by molar-refractivity contribution is -0.114. The molecule has 0 aliphatic carbocycles. The molecule has 1 aromatic carbocycles. The Hall–Kier alpha value is -2.29. The van der Waals surface area contributed by atoms with E-state index in [0.29, 0.717) is 31.9 Å². The summed E-state index contributed by atoms with van der Waals surface area (Å²) in [6.45, 7) is 4.64. The van der Waals surface area contributed by atoms with E-state index < -0.39 is 10.0 Å². The number of nitrogens with one attached hydrogen (secondary N) is 1.